The van der Waals surface area contributed by atoms with E-state index in [1.54, 1.807) is 0 Å². The molecule has 0 N–H and O–H groups in total. The molecule has 0 atom stereocenters. The van der Waals surface area contributed by atoms with Crippen LogP contribution in [0.4, 0.5) is 8.78 Å². The summed E-state index contributed by atoms with van der Waals surface area (Å²) in [5.74, 6) is -0.817. The molecule has 0 spiro atoms. The zero-order chi connectivity index (χ0) is 18.6. The number of hydrogen-bond donors (Lipinski definition) is 0. The van der Waals surface area contributed by atoms with Gasteiger partial charge in [-0.25, -0.2) is 13.3 Å². The van der Waals surface area contributed by atoms with E-state index < -0.39 is 11.6 Å². The first kappa shape index (κ1) is 16.7. The van der Waals surface area contributed by atoms with Gasteiger partial charge >= 0.3 is 0 Å². The van der Waals surface area contributed by atoms with Crippen molar-refractivity contribution in [3.05, 3.63) is 65.4 Å². The second kappa shape index (κ2) is 5.90. The molecule has 4 rings (SSSR count). The number of benzene rings is 2. The van der Waals surface area contributed by atoms with E-state index in [0.29, 0.717) is 22.3 Å². The van der Waals surface area contributed by atoms with E-state index in [4.69, 9.17) is 4.42 Å². The maximum absolute atomic E-state index is 14.4. The molecule has 0 unspecified atom stereocenters. The van der Waals surface area contributed by atoms with E-state index in [0.717, 1.165) is 22.9 Å². The predicted octanol–water partition coefficient (Wildman–Crippen LogP) is 5.79. The van der Waals surface area contributed by atoms with Crippen molar-refractivity contribution in [1.82, 2.24) is 0 Å². The summed E-state index contributed by atoms with van der Waals surface area (Å²) in [6, 6.07) is 10.1. The van der Waals surface area contributed by atoms with Crippen molar-refractivity contribution < 1.29 is 17.8 Å². The van der Waals surface area contributed by atoms with E-state index >= 15 is 0 Å². The van der Waals surface area contributed by atoms with Crippen LogP contribution in [0.3, 0.4) is 0 Å². The van der Waals surface area contributed by atoms with E-state index in [2.05, 4.69) is 36.7 Å². The van der Waals surface area contributed by atoms with Crippen LogP contribution in [0.1, 0.15) is 30.9 Å². The predicted molar refractivity (Wildman–Crippen MR) is 99.1 cm³/mol. The minimum absolute atomic E-state index is 0.228. The Labute approximate surface area is 150 Å². The Morgan fingerprint density at radius 2 is 1.81 bits per heavy atom. The Hall–Kier alpha value is -2.75. The van der Waals surface area contributed by atoms with Gasteiger partial charge in [0, 0.05) is 29.1 Å². The molecule has 0 fully saturated rings. The summed E-state index contributed by atoms with van der Waals surface area (Å²) >= 11 is 0. The molecular formula is C22H20F2NO+. The highest BCUT2D eigenvalue weighted by molar-refractivity contribution is 6.10. The minimum atomic E-state index is -0.640. The zero-order valence-electron chi connectivity index (χ0n) is 15.2. The molecule has 132 valence electrons. The van der Waals surface area contributed by atoms with Crippen LogP contribution >= 0.6 is 0 Å². The Bertz CT molecular complexity index is 1160. The van der Waals surface area contributed by atoms with Crippen molar-refractivity contribution in [1.29, 1.82) is 0 Å². The van der Waals surface area contributed by atoms with E-state index in [1.807, 2.05) is 26.1 Å². The highest BCUT2D eigenvalue weighted by Gasteiger charge is 2.22. The van der Waals surface area contributed by atoms with Crippen LogP contribution in [0.25, 0.3) is 33.2 Å². The van der Waals surface area contributed by atoms with Gasteiger partial charge in [0.05, 0.1) is 10.9 Å². The van der Waals surface area contributed by atoms with Crippen molar-refractivity contribution in [2.75, 3.05) is 0 Å². The van der Waals surface area contributed by atoms with Gasteiger partial charge in [-0.1, -0.05) is 26.0 Å². The lowest BCUT2D eigenvalue weighted by Crippen LogP contribution is -2.31. The van der Waals surface area contributed by atoms with Crippen LogP contribution in [0.2, 0.25) is 0 Å². The van der Waals surface area contributed by atoms with Crippen LogP contribution < -0.4 is 4.57 Å². The lowest BCUT2D eigenvalue weighted by atomic mass is 9.99. The first-order valence-corrected chi connectivity index (χ1v) is 8.67. The topological polar surface area (TPSA) is 17.0 Å². The van der Waals surface area contributed by atoms with Gasteiger partial charge in [0.15, 0.2) is 6.20 Å². The second-order valence-corrected chi connectivity index (χ2v) is 7.11. The molecule has 0 amide bonds. The number of aromatic nitrogens is 1. The molecule has 2 nitrogen and oxygen atoms in total. The van der Waals surface area contributed by atoms with Crippen LogP contribution in [0, 0.1) is 18.6 Å². The summed E-state index contributed by atoms with van der Waals surface area (Å²) < 4.78 is 35.9. The molecule has 2 aromatic carbocycles. The normalized spacial score (nSPS) is 11.8. The van der Waals surface area contributed by atoms with Crippen LogP contribution in [-0.2, 0) is 7.05 Å². The maximum atomic E-state index is 14.4. The van der Waals surface area contributed by atoms with Crippen molar-refractivity contribution in [2.24, 2.45) is 7.05 Å². The molecule has 26 heavy (non-hydrogen) atoms. The number of furan rings is 1. The number of fused-ring (bicyclic) bond motifs is 3. The summed E-state index contributed by atoms with van der Waals surface area (Å²) in [7, 11) is 1.99. The van der Waals surface area contributed by atoms with Gasteiger partial charge in [-0.05, 0) is 24.5 Å². The summed E-state index contributed by atoms with van der Waals surface area (Å²) in [4.78, 5) is 0. The van der Waals surface area contributed by atoms with Crippen LogP contribution in [0.5, 0.6) is 0 Å². The molecule has 0 saturated heterocycles. The molecule has 0 aliphatic carbocycles. The third kappa shape index (κ3) is 2.48. The first-order valence-electron chi connectivity index (χ1n) is 8.67. The molecule has 0 bridgehead atoms. The average molecular weight is 352 g/mol. The average Bonchev–Trinajstić information content (AvgIpc) is 2.93. The Morgan fingerprint density at radius 3 is 2.50 bits per heavy atom. The highest BCUT2D eigenvalue weighted by Crippen LogP contribution is 2.38. The number of aryl methyl sites for hydroxylation is 2. The molecule has 0 saturated carbocycles. The number of halogens is 2. The van der Waals surface area contributed by atoms with Crippen molar-refractivity contribution in [3.63, 3.8) is 0 Å². The van der Waals surface area contributed by atoms with Crippen LogP contribution in [0.15, 0.2) is 47.0 Å². The van der Waals surface area contributed by atoms with Gasteiger partial charge in [-0.15, -0.1) is 0 Å². The highest BCUT2D eigenvalue weighted by atomic mass is 19.1. The third-order valence-corrected chi connectivity index (χ3v) is 4.95. The maximum Gasteiger partial charge on any atom is 0.216 e. The molecule has 0 aliphatic rings. The quantitative estimate of drug-likeness (QED) is 0.418. The minimum Gasteiger partial charge on any atom is -0.455 e. The SMILES string of the molecule is Cc1ccc2c(oc3cc(F)cc(F)c32)c1-c1ccc(C(C)C)c[n+]1C. The number of pyridine rings is 1. The fraction of sp³-hybridized carbons (Fsp3) is 0.227. The Kier molecular flexibility index (Phi) is 3.79. The molecule has 2 aromatic heterocycles. The van der Waals surface area contributed by atoms with Gasteiger partial charge in [-0.3, -0.25) is 0 Å². The molecule has 4 heteroatoms. The fourth-order valence-corrected chi connectivity index (χ4v) is 3.53. The Morgan fingerprint density at radius 1 is 1.04 bits per heavy atom. The van der Waals surface area contributed by atoms with Gasteiger partial charge in [0.1, 0.15) is 29.8 Å². The largest absolute Gasteiger partial charge is 0.455 e. The molecule has 2 heterocycles. The van der Waals surface area contributed by atoms with Crippen molar-refractivity contribution in [3.8, 4) is 11.3 Å². The molecular weight excluding hydrogens is 332 g/mol. The Balaban J connectivity index is 2.07. The summed E-state index contributed by atoms with van der Waals surface area (Å²) in [6.45, 7) is 6.30. The van der Waals surface area contributed by atoms with E-state index in [9.17, 15) is 8.78 Å². The smallest absolute Gasteiger partial charge is 0.216 e. The second-order valence-electron chi connectivity index (χ2n) is 7.11. The molecule has 0 aliphatic heterocycles. The monoisotopic (exact) mass is 352 g/mol. The fourth-order valence-electron chi connectivity index (χ4n) is 3.53. The third-order valence-electron chi connectivity index (χ3n) is 4.95. The molecule has 0 radical (unpaired) electrons. The van der Waals surface area contributed by atoms with E-state index in [-0.39, 0.29) is 5.58 Å². The van der Waals surface area contributed by atoms with Crippen molar-refractivity contribution in [2.45, 2.75) is 26.7 Å². The van der Waals surface area contributed by atoms with E-state index in [1.165, 1.54) is 11.6 Å². The van der Waals surface area contributed by atoms with Gasteiger partial charge in [0.25, 0.3) is 0 Å². The van der Waals surface area contributed by atoms with Crippen molar-refractivity contribution >= 4 is 21.9 Å². The number of nitrogens with zero attached hydrogens (tertiary/aromatic N) is 1. The van der Waals surface area contributed by atoms with Gasteiger partial charge < -0.3 is 4.42 Å². The summed E-state index contributed by atoms with van der Waals surface area (Å²) in [6.07, 6.45) is 2.10. The van der Waals surface area contributed by atoms with Crippen LogP contribution in [-0.4, -0.2) is 0 Å². The lowest BCUT2D eigenvalue weighted by Gasteiger charge is -2.08. The van der Waals surface area contributed by atoms with Gasteiger partial charge in [0.2, 0.25) is 5.69 Å². The van der Waals surface area contributed by atoms with Gasteiger partial charge in [-0.2, -0.15) is 0 Å². The molecule has 4 aromatic rings. The standard InChI is InChI=1S/C22H20F2NO/c1-12(2)14-6-8-18(25(4)11-14)20-13(3)5-7-16-21-17(24)9-15(23)10-19(21)26-22(16)20/h5-12H,1-4H3/q+1. The first-order chi connectivity index (χ1) is 12.4. The number of rotatable bonds is 2. The summed E-state index contributed by atoms with van der Waals surface area (Å²) in [5.41, 5.74) is 4.93. The summed E-state index contributed by atoms with van der Waals surface area (Å²) in [5, 5.41) is 0.982. The number of hydrogen-bond acceptors (Lipinski definition) is 1. The lowest BCUT2D eigenvalue weighted by molar-refractivity contribution is -0.660. The zero-order valence-corrected chi connectivity index (χ0v) is 15.2.